The summed E-state index contributed by atoms with van der Waals surface area (Å²) in [5.41, 5.74) is 0.957. The molecule has 0 aliphatic carbocycles. The van der Waals surface area contributed by atoms with E-state index >= 15 is 0 Å². The van der Waals surface area contributed by atoms with Gasteiger partial charge in [0, 0.05) is 32.5 Å². The van der Waals surface area contributed by atoms with Crippen molar-refractivity contribution in [3.05, 3.63) is 18.6 Å². The van der Waals surface area contributed by atoms with Crippen molar-refractivity contribution in [2.75, 3.05) is 30.4 Å². The van der Waals surface area contributed by atoms with Crippen molar-refractivity contribution in [1.82, 2.24) is 14.4 Å². The molecule has 5 heteroatoms. The van der Waals surface area contributed by atoms with Crippen LogP contribution in [0.4, 0.5) is 11.6 Å². The van der Waals surface area contributed by atoms with Crippen molar-refractivity contribution in [3.8, 4) is 0 Å². The quantitative estimate of drug-likeness (QED) is 0.934. The first-order valence-corrected chi connectivity index (χ1v) is 7.58. The molecule has 0 bridgehead atoms. The van der Waals surface area contributed by atoms with Gasteiger partial charge in [-0.05, 0) is 25.2 Å². The number of rotatable bonds is 3. The molecule has 1 N–H and O–H groups in total. The van der Waals surface area contributed by atoms with Gasteiger partial charge in [-0.15, -0.1) is 0 Å². The second kappa shape index (κ2) is 5.69. The molecule has 1 aliphatic rings. The minimum Gasteiger partial charge on any atom is -0.372 e. The average molecular weight is 273 g/mol. The number of aromatic nitrogens is 3. The van der Waals surface area contributed by atoms with Crippen LogP contribution in [0.3, 0.4) is 0 Å². The largest absolute Gasteiger partial charge is 0.372 e. The number of anilines is 2. The van der Waals surface area contributed by atoms with Gasteiger partial charge in [-0.1, -0.05) is 13.3 Å². The monoisotopic (exact) mass is 273 g/mol. The molecular formula is C15H23N5. The summed E-state index contributed by atoms with van der Waals surface area (Å²) in [5.74, 6) is 2.77. The highest BCUT2D eigenvalue weighted by atomic mass is 15.2. The second-order valence-electron chi connectivity index (χ2n) is 5.55. The summed E-state index contributed by atoms with van der Waals surface area (Å²) in [6.07, 6.45) is 10.9. The summed E-state index contributed by atoms with van der Waals surface area (Å²) in [6, 6.07) is 0. The molecule has 0 spiro atoms. The number of fused-ring (bicyclic) bond motifs is 1. The molecule has 20 heavy (non-hydrogen) atoms. The summed E-state index contributed by atoms with van der Waals surface area (Å²) in [5, 5.41) is 3.14. The van der Waals surface area contributed by atoms with E-state index in [0.29, 0.717) is 0 Å². The maximum Gasteiger partial charge on any atom is 0.180 e. The lowest BCUT2D eigenvalue weighted by atomic mass is 9.98. The fraction of sp³-hybridized carbons (Fsp3) is 0.600. The van der Waals surface area contributed by atoms with Crippen LogP contribution in [0.15, 0.2) is 18.6 Å². The molecule has 2 aromatic heterocycles. The minimum atomic E-state index is 0.864. The van der Waals surface area contributed by atoms with Crippen molar-refractivity contribution in [2.45, 2.75) is 32.6 Å². The molecule has 0 radical (unpaired) electrons. The third-order valence-corrected chi connectivity index (χ3v) is 4.34. The standard InChI is InChI=1S/C15H23N5/c1-3-12-5-4-8-19(9-6-12)15-14-17-7-10-20(14)11-13(16-2)18-15/h7,10-12,16H,3-6,8-9H2,1-2H3. The predicted octanol–water partition coefficient (Wildman–Crippen LogP) is 2.79. The van der Waals surface area contributed by atoms with Crippen molar-refractivity contribution >= 4 is 17.3 Å². The van der Waals surface area contributed by atoms with Crippen molar-refractivity contribution in [3.63, 3.8) is 0 Å². The Morgan fingerprint density at radius 2 is 2.25 bits per heavy atom. The van der Waals surface area contributed by atoms with Crippen LogP contribution in [0.5, 0.6) is 0 Å². The molecule has 1 unspecified atom stereocenters. The first-order chi connectivity index (χ1) is 9.81. The number of nitrogens with zero attached hydrogens (tertiary/aromatic N) is 4. The van der Waals surface area contributed by atoms with E-state index in [-0.39, 0.29) is 0 Å². The topological polar surface area (TPSA) is 45.5 Å². The molecule has 1 atom stereocenters. The molecule has 1 aliphatic heterocycles. The first-order valence-electron chi connectivity index (χ1n) is 7.58. The maximum atomic E-state index is 4.74. The Kier molecular flexibility index (Phi) is 3.76. The summed E-state index contributed by atoms with van der Waals surface area (Å²) < 4.78 is 2.05. The third kappa shape index (κ3) is 2.44. The lowest BCUT2D eigenvalue weighted by molar-refractivity contribution is 0.459. The Bertz CT molecular complexity index is 577. The summed E-state index contributed by atoms with van der Waals surface area (Å²) in [4.78, 5) is 11.6. The van der Waals surface area contributed by atoms with E-state index in [1.165, 1.54) is 25.7 Å². The van der Waals surface area contributed by atoms with Gasteiger partial charge in [-0.25, -0.2) is 9.97 Å². The van der Waals surface area contributed by atoms with E-state index in [4.69, 9.17) is 4.98 Å². The number of hydrogen-bond donors (Lipinski definition) is 1. The molecule has 3 heterocycles. The Labute approximate surface area is 120 Å². The van der Waals surface area contributed by atoms with Gasteiger partial charge in [0.15, 0.2) is 11.5 Å². The summed E-state index contributed by atoms with van der Waals surface area (Å²) in [7, 11) is 1.91. The van der Waals surface area contributed by atoms with E-state index in [9.17, 15) is 0 Å². The zero-order valence-electron chi connectivity index (χ0n) is 12.3. The predicted molar refractivity (Wildman–Crippen MR) is 82.4 cm³/mol. The molecule has 0 saturated carbocycles. The van der Waals surface area contributed by atoms with Gasteiger partial charge in [-0.3, -0.25) is 0 Å². The first kappa shape index (κ1) is 13.2. The number of nitrogens with one attached hydrogen (secondary N) is 1. The number of hydrogen-bond acceptors (Lipinski definition) is 4. The van der Waals surface area contributed by atoms with Crippen LogP contribution in [0.25, 0.3) is 5.65 Å². The van der Waals surface area contributed by atoms with Gasteiger partial charge in [0.05, 0.1) is 6.20 Å². The normalized spacial score (nSPS) is 20.1. The molecule has 0 aromatic carbocycles. The van der Waals surface area contributed by atoms with Gasteiger partial charge in [-0.2, -0.15) is 0 Å². The third-order valence-electron chi connectivity index (χ3n) is 4.34. The van der Waals surface area contributed by atoms with Crippen LogP contribution in [-0.4, -0.2) is 34.5 Å². The molecular weight excluding hydrogens is 250 g/mol. The zero-order valence-corrected chi connectivity index (χ0v) is 12.3. The smallest absolute Gasteiger partial charge is 0.180 e. The Morgan fingerprint density at radius 3 is 3.05 bits per heavy atom. The van der Waals surface area contributed by atoms with E-state index in [1.54, 1.807) is 0 Å². The Hall–Kier alpha value is -1.78. The summed E-state index contributed by atoms with van der Waals surface area (Å²) >= 11 is 0. The van der Waals surface area contributed by atoms with Crippen LogP contribution >= 0.6 is 0 Å². The maximum absolute atomic E-state index is 4.74. The van der Waals surface area contributed by atoms with E-state index in [2.05, 4.69) is 26.5 Å². The van der Waals surface area contributed by atoms with Gasteiger partial charge >= 0.3 is 0 Å². The highest BCUT2D eigenvalue weighted by Gasteiger charge is 2.19. The SMILES string of the molecule is CCC1CCCN(c2nc(NC)cn3ccnc23)CC1. The van der Waals surface area contributed by atoms with E-state index in [0.717, 1.165) is 36.3 Å². The molecule has 1 fully saturated rings. The average Bonchev–Trinajstić information content (AvgIpc) is 2.82. The van der Waals surface area contributed by atoms with Gasteiger partial charge in [0.2, 0.25) is 0 Å². The molecule has 3 rings (SSSR count). The minimum absolute atomic E-state index is 0.864. The molecule has 5 nitrogen and oxygen atoms in total. The lowest BCUT2D eigenvalue weighted by Gasteiger charge is -2.22. The summed E-state index contributed by atoms with van der Waals surface area (Å²) in [6.45, 7) is 4.47. The van der Waals surface area contributed by atoms with Gasteiger partial charge in [0.1, 0.15) is 5.82 Å². The zero-order chi connectivity index (χ0) is 13.9. The molecule has 1 saturated heterocycles. The van der Waals surface area contributed by atoms with Crippen molar-refractivity contribution < 1.29 is 0 Å². The highest BCUT2D eigenvalue weighted by molar-refractivity contribution is 5.66. The van der Waals surface area contributed by atoms with Gasteiger partial charge < -0.3 is 14.6 Å². The Balaban J connectivity index is 1.94. The van der Waals surface area contributed by atoms with Crippen LogP contribution in [0, 0.1) is 5.92 Å². The second-order valence-corrected chi connectivity index (χ2v) is 5.55. The van der Waals surface area contributed by atoms with Crippen LogP contribution in [0.1, 0.15) is 32.6 Å². The molecule has 2 aromatic rings. The van der Waals surface area contributed by atoms with Crippen LogP contribution in [0.2, 0.25) is 0 Å². The fourth-order valence-corrected chi connectivity index (χ4v) is 3.03. The molecule has 0 amide bonds. The van der Waals surface area contributed by atoms with Crippen LogP contribution in [-0.2, 0) is 0 Å². The highest BCUT2D eigenvalue weighted by Crippen LogP contribution is 2.26. The van der Waals surface area contributed by atoms with Crippen molar-refractivity contribution in [1.29, 1.82) is 0 Å². The number of imidazole rings is 1. The Morgan fingerprint density at radius 1 is 1.35 bits per heavy atom. The van der Waals surface area contributed by atoms with E-state index in [1.807, 2.05) is 25.6 Å². The lowest BCUT2D eigenvalue weighted by Crippen LogP contribution is -2.26. The fourth-order valence-electron chi connectivity index (χ4n) is 3.03. The van der Waals surface area contributed by atoms with Crippen molar-refractivity contribution in [2.24, 2.45) is 5.92 Å². The van der Waals surface area contributed by atoms with Crippen LogP contribution < -0.4 is 10.2 Å². The van der Waals surface area contributed by atoms with E-state index < -0.39 is 0 Å². The van der Waals surface area contributed by atoms with Gasteiger partial charge in [0.25, 0.3) is 0 Å². The molecule has 108 valence electrons.